The van der Waals surface area contributed by atoms with Crippen molar-refractivity contribution in [2.75, 3.05) is 23.0 Å². The molecule has 1 fully saturated rings. The minimum Gasteiger partial charge on any atom is -0.494 e. The van der Waals surface area contributed by atoms with Crippen molar-refractivity contribution in [2.24, 2.45) is 0 Å². The number of nitro groups is 1. The zero-order valence-corrected chi connectivity index (χ0v) is 24.4. The largest absolute Gasteiger partial charge is 0.494 e. The summed E-state index contributed by atoms with van der Waals surface area (Å²) >= 11 is 5.84. The van der Waals surface area contributed by atoms with Crippen LogP contribution in [0.15, 0.2) is 72.9 Å². The van der Waals surface area contributed by atoms with Crippen molar-refractivity contribution in [1.82, 2.24) is 14.9 Å². The highest BCUT2D eigenvalue weighted by atomic mass is 32.2. The van der Waals surface area contributed by atoms with Crippen molar-refractivity contribution < 1.29 is 18.1 Å². The molecule has 4 aromatic rings. The van der Waals surface area contributed by atoms with Crippen molar-refractivity contribution in [2.45, 2.75) is 25.9 Å². The molecule has 1 aliphatic rings. The van der Waals surface area contributed by atoms with E-state index in [1.165, 1.54) is 19.2 Å². The van der Waals surface area contributed by atoms with E-state index in [-0.39, 0.29) is 17.8 Å². The fraction of sp³-hybridized carbons (Fsp3) is 0.214. The number of aromatic nitrogens is 2. The van der Waals surface area contributed by atoms with Crippen molar-refractivity contribution in [3.05, 3.63) is 106 Å². The van der Waals surface area contributed by atoms with E-state index in [0.29, 0.717) is 22.2 Å². The minimum atomic E-state index is -3.43. The summed E-state index contributed by atoms with van der Waals surface area (Å²) in [6.07, 6.45) is 2.83. The number of ether oxygens (including phenoxy) is 1. The maximum Gasteiger partial charge on any atom is 0.273 e. The number of thiocarbonyl (C=S) groups is 1. The maximum absolute atomic E-state index is 11.7. The predicted molar refractivity (Wildman–Crippen MR) is 161 cm³/mol. The van der Waals surface area contributed by atoms with E-state index in [1.54, 1.807) is 24.4 Å². The molecule has 2 N–H and O–H groups in total. The van der Waals surface area contributed by atoms with E-state index >= 15 is 0 Å². The van der Waals surface area contributed by atoms with E-state index in [4.69, 9.17) is 17.0 Å². The molecule has 2 unspecified atom stereocenters. The van der Waals surface area contributed by atoms with Crippen LogP contribution in [-0.2, 0) is 10.0 Å². The minimum absolute atomic E-state index is 0.0613. The number of benzene rings is 2. The number of hydrogen-bond acceptors (Lipinski definition) is 7. The number of hydrogen-bond donors (Lipinski definition) is 2. The third kappa shape index (κ3) is 5.45. The molecule has 3 heterocycles. The van der Waals surface area contributed by atoms with Crippen LogP contribution in [0.25, 0.3) is 5.69 Å². The second kappa shape index (κ2) is 10.8. The highest BCUT2D eigenvalue weighted by Crippen LogP contribution is 2.44. The lowest BCUT2D eigenvalue weighted by Crippen LogP contribution is -2.29. The van der Waals surface area contributed by atoms with Crippen molar-refractivity contribution in [3.8, 4) is 11.4 Å². The fourth-order valence-corrected chi connectivity index (χ4v) is 6.19. The first-order valence-electron chi connectivity index (χ1n) is 12.6. The monoisotopic (exact) mass is 592 g/mol. The van der Waals surface area contributed by atoms with E-state index in [2.05, 4.69) is 21.1 Å². The van der Waals surface area contributed by atoms with Gasteiger partial charge in [0, 0.05) is 35.0 Å². The van der Waals surface area contributed by atoms with Crippen LogP contribution >= 0.6 is 12.2 Å². The SMILES string of the molecule is COc1cc([N+](=O)[O-])ccc1-n1c(C)cc(C2C(c3ccccn3)NC(=S)N2c2ccc(NS(C)(=O)=O)cc2)c1C. The lowest BCUT2D eigenvalue weighted by Gasteiger charge is -2.28. The molecule has 2 atom stereocenters. The van der Waals surface area contributed by atoms with E-state index in [0.717, 1.165) is 34.6 Å². The lowest BCUT2D eigenvalue weighted by atomic mass is 9.96. The Morgan fingerprint density at radius 2 is 1.83 bits per heavy atom. The van der Waals surface area contributed by atoms with Crippen LogP contribution in [0.5, 0.6) is 5.75 Å². The van der Waals surface area contributed by atoms with Gasteiger partial charge in [-0.25, -0.2) is 8.42 Å². The Labute approximate surface area is 243 Å². The Morgan fingerprint density at radius 1 is 1.10 bits per heavy atom. The predicted octanol–water partition coefficient (Wildman–Crippen LogP) is 4.95. The van der Waals surface area contributed by atoms with Gasteiger partial charge < -0.3 is 19.5 Å². The van der Waals surface area contributed by atoms with Crippen LogP contribution in [0.4, 0.5) is 17.1 Å². The molecule has 0 bridgehead atoms. The topological polar surface area (TPSA) is 132 Å². The molecule has 2 aromatic heterocycles. The number of non-ortho nitro benzene ring substituents is 1. The molecule has 11 nitrogen and oxygen atoms in total. The average molecular weight is 593 g/mol. The van der Waals surface area contributed by atoms with Crippen LogP contribution in [0.1, 0.15) is 34.7 Å². The third-order valence-electron chi connectivity index (χ3n) is 6.95. The Hall–Kier alpha value is -4.49. The summed E-state index contributed by atoms with van der Waals surface area (Å²) < 4.78 is 33.5. The number of aryl methyl sites for hydroxylation is 1. The van der Waals surface area contributed by atoms with Gasteiger partial charge in [-0.05, 0) is 80.2 Å². The smallest absolute Gasteiger partial charge is 0.273 e. The Morgan fingerprint density at radius 3 is 2.44 bits per heavy atom. The molecule has 13 heteroatoms. The van der Waals surface area contributed by atoms with Gasteiger partial charge in [0.2, 0.25) is 10.0 Å². The van der Waals surface area contributed by atoms with Crippen molar-refractivity contribution >= 4 is 44.4 Å². The first-order chi connectivity index (χ1) is 19.5. The first-order valence-corrected chi connectivity index (χ1v) is 14.9. The Bertz CT molecular complexity index is 1740. The molecule has 1 aliphatic heterocycles. The molecule has 41 heavy (non-hydrogen) atoms. The quantitative estimate of drug-likeness (QED) is 0.166. The summed E-state index contributed by atoms with van der Waals surface area (Å²) in [5.41, 5.74) is 5.37. The highest BCUT2D eigenvalue weighted by Gasteiger charge is 2.42. The van der Waals surface area contributed by atoms with Gasteiger partial charge in [0.25, 0.3) is 5.69 Å². The number of nitrogens with one attached hydrogen (secondary N) is 2. The van der Waals surface area contributed by atoms with Crippen molar-refractivity contribution in [3.63, 3.8) is 0 Å². The van der Waals surface area contributed by atoms with Crippen LogP contribution in [0.3, 0.4) is 0 Å². The third-order valence-corrected chi connectivity index (χ3v) is 7.87. The molecular weight excluding hydrogens is 564 g/mol. The molecule has 0 saturated carbocycles. The summed E-state index contributed by atoms with van der Waals surface area (Å²) in [6.45, 7) is 3.95. The molecule has 1 saturated heterocycles. The normalized spacial score (nSPS) is 16.9. The van der Waals surface area contributed by atoms with Gasteiger partial charge in [0.05, 0.1) is 47.8 Å². The number of rotatable bonds is 8. The number of nitro benzene ring substituents is 1. The summed E-state index contributed by atoms with van der Waals surface area (Å²) in [5, 5.41) is 15.3. The first kappa shape index (κ1) is 28.1. The summed E-state index contributed by atoms with van der Waals surface area (Å²) in [6, 6.07) is 18.7. The van der Waals surface area contributed by atoms with Crippen LogP contribution in [-0.4, -0.2) is 41.4 Å². The second-order valence-corrected chi connectivity index (χ2v) is 11.8. The van der Waals surface area contributed by atoms with Gasteiger partial charge in [-0.3, -0.25) is 19.8 Å². The number of nitrogens with zero attached hydrogens (tertiary/aromatic N) is 4. The molecule has 5 rings (SSSR count). The number of anilines is 2. The molecule has 0 amide bonds. The average Bonchev–Trinajstić information content (AvgIpc) is 3.43. The number of sulfonamides is 1. The number of methoxy groups -OCH3 is 1. The lowest BCUT2D eigenvalue weighted by molar-refractivity contribution is -0.384. The Balaban J connectivity index is 1.64. The van der Waals surface area contributed by atoms with Crippen molar-refractivity contribution in [1.29, 1.82) is 0 Å². The zero-order chi connectivity index (χ0) is 29.5. The highest BCUT2D eigenvalue weighted by molar-refractivity contribution is 7.92. The summed E-state index contributed by atoms with van der Waals surface area (Å²) in [4.78, 5) is 17.5. The molecular formula is C28H28N6O5S2. The van der Waals surface area contributed by atoms with Gasteiger partial charge >= 0.3 is 0 Å². The van der Waals surface area contributed by atoms with E-state index < -0.39 is 14.9 Å². The number of pyridine rings is 1. The van der Waals surface area contributed by atoms with E-state index in [9.17, 15) is 18.5 Å². The molecule has 2 aromatic carbocycles. The zero-order valence-electron chi connectivity index (χ0n) is 22.7. The standard InChI is InChI=1S/C28H28N6O5S2/c1-17-15-22(18(2)32(17)24-13-12-21(34(35)36)16-25(24)39-3)27-26(23-7-5-6-14-29-23)30-28(40)33(27)20-10-8-19(9-11-20)31-41(4,37)38/h5-16,26-27,31H,1-4H3,(H,30,40). The van der Waals surface area contributed by atoms with Gasteiger partial charge in [0.15, 0.2) is 5.11 Å². The van der Waals surface area contributed by atoms with Gasteiger partial charge in [-0.1, -0.05) is 6.07 Å². The molecule has 212 valence electrons. The van der Waals surface area contributed by atoms with Gasteiger partial charge in [0.1, 0.15) is 5.75 Å². The van der Waals surface area contributed by atoms with E-state index in [1.807, 2.05) is 53.6 Å². The fourth-order valence-electron chi connectivity index (χ4n) is 5.28. The molecule has 0 aliphatic carbocycles. The molecule has 0 radical (unpaired) electrons. The summed E-state index contributed by atoms with van der Waals surface area (Å²) in [5.74, 6) is 0.375. The summed E-state index contributed by atoms with van der Waals surface area (Å²) in [7, 11) is -1.94. The Kier molecular flexibility index (Phi) is 7.41. The second-order valence-electron chi connectivity index (χ2n) is 9.69. The van der Waals surface area contributed by atoms with Crippen LogP contribution < -0.4 is 19.7 Å². The van der Waals surface area contributed by atoms with Gasteiger partial charge in [-0.15, -0.1) is 0 Å². The molecule has 0 spiro atoms. The van der Waals surface area contributed by atoms with Crippen LogP contribution in [0.2, 0.25) is 0 Å². The van der Waals surface area contributed by atoms with Gasteiger partial charge in [-0.2, -0.15) is 0 Å². The van der Waals surface area contributed by atoms with Crippen LogP contribution in [0, 0.1) is 24.0 Å². The maximum atomic E-state index is 11.7.